The fourth-order valence-electron chi connectivity index (χ4n) is 3.09. The summed E-state index contributed by atoms with van der Waals surface area (Å²) in [5.41, 5.74) is 1.53. The highest BCUT2D eigenvalue weighted by atomic mass is 16.2. The average Bonchev–Trinajstić information content (AvgIpc) is 3.09. The lowest BCUT2D eigenvalue weighted by atomic mass is 9.95. The van der Waals surface area contributed by atoms with Gasteiger partial charge in [-0.25, -0.2) is 4.98 Å². The van der Waals surface area contributed by atoms with Crippen LogP contribution in [-0.2, 0) is 11.8 Å². The van der Waals surface area contributed by atoms with Crippen molar-refractivity contribution in [2.45, 2.75) is 12.5 Å². The predicted molar refractivity (Wildman–Crippen MR) is 84.3 cm³/mol. The van der Waals surface area contributed by atoms with Gasteiger partial charge in [-0.05, 0) is 12.1 Å². The normalized spacial score (nSPS) is 20.6. The van der Waals surface area contributed by atoms with E-state index in [4.69, 9.17) is 5.26 Å². The van der Waals surface area contributed by atoms with Crippen LogP contribution in [0.15, 0.2) is 30.7 Å². The maximum Gasteiger partial charge on any atom is 0.223 e. The molecule has 1 N–H and O–H groups in total. The van der Waals surface area contributed by atoms with Crippen molar-refractivity contribution in [2.24, 2.45) is 13.0 Å². The van der Waals surface area contributed by atoms with Crippen LogP contribution in [0.2, 0.25) is 0 Å². The molecule has 1 fully saturated rings. The van der Waals surface area contributed by atoms with E-state index in [0.29, 0.717) is 24.3 Å². The quantitative estimate of drug-likeness (QED) is 0.920. The first-order valence-corrected chi connectivity index (χ1v) is 7.43. The minimum Gasteiger partial charge on any atom is -0.369 e. The molecular formula is C16H18N6O. The predicted octanol–water partition coefficient (Wildman–Crippen LogP) is 1.32. The van der Waals surface area contributed by atoms with Gasteiger partial charge >= 0.3 is 0 Å². The van der Waals surface area contributed by atoms with Crippen LogP contribution >= 0.6 is 0 Å². The molecule has 0 aromatic carbocycles. The number of aryl methyl sites for hydroxylation is 1. The van der Waals surface area contributed by atoms with Crippen LogP contribution in [0.1, 0.15) is 23.6 Å². The van der Waals surface area contributed by atoms with Gasteiger partial charge in [-0.3, -0.25) is 9.48 Å². The molecule has 1 aliphatic heterocycles. The molecule has 0 radical (unpaired) electrons. The molecule has 0 aliphatic carbocycles. The van der Waals surface area contributed by atoms with Gasteiger partial charge in [0.1, 0.15) is 11.9 Å². The zero-order valence-electron chi connectivity index (χ0n) is 13.1. The highest BCUT2D eigenvalue weighted by Gasteiger charge is 2.38. The average molecular weight is 310 g/mol. The standard InChI is InChI=1S/C16H18N6O/c1-21-10-13(9-20-21)15-12(6-14(23)22(15)2)8-19-16-11(7-17)4-3-5-18-16/h3-5,9-10,12,15H,6,8H2,1-2H3,(H,18,19)/t12-,15+/m0/s1. The molecule has 7 nitrogen and oxygen atoms in total. The van der Waals surface area contributed by atoms with Crippen molar-refractivity contribution >= 4 is 11.7 Å². The Balaban J connectivity index is 1.78. The van der Waals surface area contributed by atoms with Gasteiger partial charge in [0.2, 0.25) is 5.91 Å². The molecule has 3 heterocycles. The third-order valence-electron chi connectivity index (χ3n) is 4.22. The number of pyridine rings is 1. The number of carbonyl (C=O) groups is 1. The molecule has 0 unspecified atom stereocenters. The Hall–Kier alpha value is -2.88. The zero-order valence-corrected chi connectivity index (χ0v) is 13.1. The highest BCUT2D eigenvalue weighted by Crippen LogP contribution is 2.36. The Labute approximate surface area is 134 Å². The van der Waals surface area contributed by atoms with Crippen LogP contribution in [0, 0.1) is 17.2 Å². The lowest BCUT2D eigenvalue weighted by molar-refractivity contribution is -0.127. The van der Waals surface area contributed by atoms with Crippen LogP contribution in [0.3, 0.4) is 0 Å². The number of hydrogen-bond acceptors (Lipinski definition) is 5. The van der Waals surface area contributed by atoms with Crippen molar-refractivity contribution in [3.8, 4) is 6.07 Å². The van der Waals surface area contributed by atoms with E-state index in [1.54, 1.807) is 34.1 Å². The van der Waals surface area contributed by atoms with Crippen molar-refractivity contribution in [3.63, 3.8) is 0 Å². The summed E-state index contributed by atoms with van der Waals surface area (Å²) < 4.78 is 1.74. The van der Waals surface area contributed by atoms with E-state index >= 15 is 0 Å². The lowest BCUT2D eigenvalue weighted by Gasteiger charge is -2.24. The second-order valence-electron chi connectivity index (χ2n) is 5.75. The van der Waals surface area contributed by atoms with E-state index < -0.39 is 0 Å². The summed E-state index contributed by atoms with van der Waals surface area (Å²) in [6.07, 6.45) is 5.86. The number of aromatic nitrogens is 3. The first-order valence-electron chi connectivity index (χ1n) is 7.43. The van der Waals surface area contributed by atoms with E-state index in [1.807, 2.05) is 20.3 Å². The van der Waals surface area contributed by atoms with Gasteiger partial charge in [-0.15, -0.1) is 0 Å². The van der Waals surface area contributed by atoms with Crippen LogP contribution in [0.4, 0.5) is 5.82 Å². The van der Waals surface area contributed by atoms with E-state index in [2.05, 4.69) is 21.5 Å². The lowest BCUT2D eigenvalue weighted by Crippen LogP contribution is -2.26. The topological polar surface area (TPSA) is 86.8 Å². The van der Waals surface area contributed by atoms with E-state index in [9.17, 15) is 4.79 Å². The molecule has 2 aromatic heterocycles. The smallest absolute Gasteiger partial charge is 0.223 e. The Morgan fingerprint density at radius 3 is 3.00 bits per heavy atom. The van der Waals surface area contributed by atoms with Gasteiger partial charge in [-0.2, -0.15) is 10.4 Å². The number of rotatable bonds is 4. The molecule has 118 valence electrons. The van der Waals surface area contributed by atoms with Gasteiger partial charge in [0, 0.05) is 50.9 Å². The molecular weight excluding hydrogens is 292 g/mol. The summed E-state index contributed by atoms with van der Waals surface area (Å²) >= 11 is 0. The first kappa shape index (κ1) is 15.0. The van der Waals surface area contributed by atoms with Crippen molar-refractivity contribution < 1.29 is 4.79 Å². The molecule has 3 rings (SSSR count). The minimum atomic E-state index is -0.0158. The number of nitriles is 1. The van der Waals surface area contributed by atoms with Crippen molar-refractivity contribution in [1.29, 1.82) is 5.26 Å². The van der Waals surface area contributed by atoms with Gasteiger partial charge in [0.25, 0.3) is 0 Å². The van der Waals surface area contributed by atoms with Crippen LogP contribution < -0.4 is 5.32 Å². The number of likely N-dealkylation sites (tertiary alicyclic amines) is 1. The van der Waals surface area contributed by atoms with E-state index in [-0.39, 0.29) is 17.9 Å². The van der Waals surface area contributed by atoms with Crippen LogP contribution in [0.5, 0.6) is 0 Å². The molecule has 1 amide bonds. The molecule has 2 aromatic rings. The molecule has 2 atom stereocenters. The number of anilines is 1. The van der Waals surface area contributed by atoms with Crippen LogP contribution in [-0.4, -0.2) is 39.2 Å². The van der Waals surface area contributed by atoms with Gasteiger partial charge < -0.3 is 10.2 Å². The van der Waals surface area contributed by atoms with Crippen molar-refractivity contribution in [1.82, 2.24) is 19.7 Å². The Morgan fingerprint density at radius 1 is 1.48 bits per heavy atom. The number of nitrogens with one attached hydrogen (secondary N) is 1. The third kappa shape index (κ3) is 2.88. The summed E-state index contributed by atoms with van der Waals surface area (Å²) in [6, 6.07) is 5.56. The number of hydrogen-bond donors (Lipinski definition) is 1. The maximum atomic E-state index is 12.1. The molecule has 7 heteroatoms. The largest absolute Gasteiger partial charge is 0.369 e. The number of nitrogens with zero attached hydrogens (tertiary/aromatic N) is 5. The number of carbonyl (C=O) groups excluding carboxylic acids is 1. The molecule has 1 saturated heterocycles. The van der Waals surface area contributed by atoms with Gasteiger partial charge in [-0.1, -0.05) is 0 Å². The molecule has 0 spiro atoms. The van der Waals surface area contributed by atoms with E-state index in [1.165, 1.54) is 0 Å². The van der Waals surface area contributed by atoms with E-state index in [0.717, 1.165) is 5.56 Å². The Bertz CT molecular complexity index is 762. The summed E-state index contributed by atoms with van der Waals surface area (Å²) in [4.78, 5) is 18.1. The van der Waals surface area contributed by atoms with Gasteiger partial charge in [0.15, 0.2) is 0 Å². The Kier molecular flexibility index (Phi) is 3.98. The van der Waals surface area contributed by atoms with Gasteiger partial charge in [0.05, 0.1) is 17.8 Å². The first-order chi connectivity index (χ1) is 11.1. The SMILES string of the molecule is CN1C(=O)C[C@@H](CNc2ncccc2C#N)[C@@H]1c1cnn(C)c1. The molecule has 1 aliphatic rings. The van der Waals surface area contributed by atoms with Crippen LogP contribution in [0.25, 0.3) is 0 Å². The summed E-state index contributed by atoms with van der Waals surface area (Å²) in [7, 11) is 3.68. The van der Waals surface area contributed by atoms with Crippen molar-refractivity contribution in [3.05, 3.63) is 41.9 Å². The van der Waals surface area contributed by atoms with Crippen molar-refractivity contribution in [2.75, 3.05) is 18.9 Å². The monoisotopic (exact) mass is 310 g/mol. The fraction of sp³-hybridized carbons (Fsp3) is 0.375. The zero-order chi connectivity index (χ0) is 16.4. The second-order valence-corrected chi connectivity index (χ2v) is 5.75. The molecule has 23 heavy (non-hydrogen) atoms. The maximum absolute atomic E-state index is 12.1. The summed E-state index contributed by atoms with van der Waals surface area (Å²) in [5.74, 6) is 0.777. The summed E-state index contributed by atoms with van der Waals surface area (Å²) in [5, 5.41) is 16.5. The summed E-state index contributed by atoms with van der Waals surface area (Å²) in [6.45, 7) is 0.571. The molecule has 0 bridgehead atoms. The fourth-order valence-corrected chi connectivity index (χ4v) is 3.09. The second kappa shape index (κ2) is 6.08. The molecule has 0 saturated carbocycles. The highest BCUT2D eigenvalue weighted by molar-refractivity contribution is 5.79. The third-order valence-corrected chi connectivity index (χ3v) is 4.22. The number of amides is 1. The minimum absolute atomic E-state index is 0.0158. The Morgan fingerprint density at radius 2 is 2.30 bits per heavy atom.